The number of hydrogen-bond acceptors (Lipinski definition) is 5. The largest absolute Gasteiger partial charge is 0.346 e. The lowest BCUT2D eigenvalue weighted by molar-refractivity contribution is 0.421. The Morgan fingerprint density at radius 1 is 1.19 bits per heavy atom. The van der Waals surface area contributed by atoms with Gasteiger partial charge in [-0.05, 0) is 68.7 Å². The molecule has 158 valence electrons. The van der Waals surface area contributed by atoms with Crippen LogP contribution in [0.4, 0.5) is 0 Å². The summed E-state index contributed by atoms with van der Waals surface area (Å²) < 4.78 is 2.33. The molecule has 5 rings (SSSR count). The number of fused-ring (bicyclic) bond motifs is 1. The molecule has 3 aromatic heterocycles. The average Bonchev–Trinajstić information content (AvgIpc) is 3.50. The molecule has 0 spiro atoms. The van der Waals surface area contributed by atoms with Crippen molar-refractivity contribution in [3.8, 4) is 17.3 Å². The number of rotatable bonds is 3. The lowest BCUT2D eigenvalue weighted by Gasteiger charge is -2.17. The van der Waals surface area contributed by atoms with Crippen molar-refractivity contribution < 1.29 is 0 Å². The molecule has 1 aliphatic rings. The van der Waals surface area contributed by atoms with E-state index in [-0.39, 0.29) is 5.54 Å². The monoisotopic (exact) mass is 430 g/mol. The van der Waals surface area contributed by atoms with Gasteiger partial charge in [-0.3, -0.25) is 5.10 Å². The third-order valence-electron chi connectivity index (χ3n) is 5.54. The first kappa shape index (κ1) is 21.2. The van der Waals surface area contributed by atoms with Crippen molar-refractivity contribution in [3.63, 3.8) is 0 Å². The molecule has 1 atom stereocenters. The summed E-state index contributed by atoms with van der Waals surface area (Å²) in [6, 6.07) is 15.4. The molecule has 0 amide bonds. The minimum atomic E-state index is 0.264. The molecule has 1 aromatic carbocycles. The molecule has 6 nitrogen and oxygen atoms in total. The second kappa shape index (κ2) is 8.96. The van der Waals surface area contributed by atoms with Gasteiger partial charge in [-0.25, -0.2) is 4.98 Å². The number of H-pyrrole nitrogens is 1. The van der Waals surface area contributed by atoms with Crippen LogP contribution >= 0.6 is 12.6 Å². The van der Waals surface area contributed by atoms with Crippen LogP contribution in [0.25, 0.3) is 22.3 Å². The number of nitriles is 1. The van der Waals surface area contributed by atoms with Crippen molar-refractivity contribution in [2.24, 2.45) is 5.92 Å². The van der Waals surface area contributed by atoms with Crippen LogP contribution in [-0.2, 0) is 6.54 Å². The standard InChI is InChI=1S/C17H21N5.C7H5NS/c1-17(2)7-12(8-18-17)11-22-6-5-15-16(22)4-3-14(21-15)13-9-19-20-10-13;8-5-6-1-3-7(9)4-2-6/h3-6,9-10,12,18H,7-8,11H2,1-2H3,(H,19,20);1-4,9H. The highest BCUT2D eigenvalue weighted by atomic mass is 32.1. The van der Waals surface area contributed by atoms with Crippen molar-refractivity contribution in [3.05, 3.63) is 66.6 Å². The van der Waals surface area contributed by atoms with Crippen molar-refractivity contribution in [1.82, 2.24) is 25.1 Å². The van der Waals surface area contributed by atoms with Crippen molar-refractivity contribution in [2.45, 2.75) is 37.2 Å². The highest BCUT2D eigenvalue weighted by molar-refractivity contribution is 7.80. The van der Waals surface area contributed by atoms with Crippen molar-refractivity contribution in [2.75, 3.05) is 6.54 Å². The maximum atomic E-state index is 8.35. The number of hydrogen-bond donors (Lipinski definition) is 3. The number of nitrogens with zero attached hydrogens (tertiary/aromatic N) is 4. The van der Waals surface area contributed by atoms with Gasteiger partial charge in [0, 0.05) is 41.5 Å². The third-order valence-corrected chi connectivity index (χ3v) is 5.84. The first-order valence-electron chi connectivity index (χ1n) is 10.3. The third kappa shape index (κ3) is 5.16. The molecule has 2 N–H and O–H groups in total. The average molecular weight is 431 g/mol. The topological polar surface area (TPSA) is 82.3 Å². The molecule has 1 fully saturated rings. The van der Waals surface area contributed by atoms with E-state index in [1.807, 2.05) is 12.3 Å². The van der Waals surface area contributed by atoms with E-state index in [4.69, 9.17) is 10.2 Å². The first-order valence-corrected chi connectivity index (χ1v) is 10.8. The zero-order chi connectivity index (χ0) is 21.8. The fraction of sp³-hybridized carbons (Fsp3) is 0.292. The fourth-order valence-electron chi connectivity index (χ4n) is 4.01. The van der Waals surface area contributed by atoms with Crippen LogP contribution in [0.1, 0.15) is 25.8 Å². The van der Waals surface area contributed by atoms with E-state index >= 15 is 0 Å². The Hall–Kier alpha value is -3.08. The first-order chi connectivity index (χ1) is 14.9. The van der Waals surface area contributed by atoms with Gasteiger partial charge < -0.3 is 9.88 Å². The van der Waals surface area contributed by atoms with Crippen LogP contribution in [0.5, 0.6) is 0 Å². The van der Waals surface area contributed by atoms with Crippen molar-refractivity contribution >= 4 is 23.7 Å². The summed E-state index contributed by atoms with van der Waals surface area (Å²) in [4.78, 5) is 5.63. The molecule has 4 heterocycles. The molecule has 0 radical (unpaired) electrons. The minimum Gasteiger partial charge on any atom is -0.346 e. The maximum absolute atomic E-state index is 8.35. The molecule has 31 heavy (non-hydrogen) atoms. The zero-order valence-corrected chi connectivity index (χ0v) is 18.6. The summed E-state index contributed by atoms with van der Waals surface area (Å²) in [7, 11) is 0. The van der Waals surface area contributed by atoms with Gasteiger partial charge in [0.05, 0.1) is 34.6 Å². The van der Waals surface area contributed by atoms with E-state index in [2.05, 4.69) is 71.0 Å². The van der Waals surface area contributed by atoms with Gasteiger partial charge in [-0.15, -0.1) is 12.6 Å². The van der Waals surface area contributed by atoms with Gasteiger partial charge in [0.1, 0.15) is 0 Å². The normalized spacial score (nSPS) is 17.2. The maximum Gasteiger partial charge on any atom is 0.0991 e. The lowest BCUT2D eigenvalue weighted by atomic mass is 9.97. The summed E-state index contributed by atoms with van der Waals surface area (Å²) >= 11 is 4.06. The van der Waals surface area contributed by atoms with Crippen molar-refractivity contribution in [1.29, 1.82) is 5.26 Å². The predicted molar refractivity (Wildman–Crippen MR) is 126 cm³/mol. The summed E-state index contributed by atoms with van der Waals surface area (Å²) in [5.74, 6) is 0.680. The van der Waals surface area contributed by atoms with Crippen LogP contribution in [0.3, 0.4) is 0 Å². The SMILES string of the molecule is CC1(C)CC(Cn2ccc3nc(-c4cn[nH]c4)ccc32)CN1.N#Cc1ccc(S)cc1. The number of thiol groups is 1. The second-order valence-electron chi connectivity index (χ2n) is 8.55. The molecule has 0 saturated carbocycles. The van der Waals surface area contributed by atoms with E-state index < -0.39 is 0 Å². The van der Waals surface area contributed by atoms with Gasteiger partial charge in [0.15, 0.2) is 0 Å². The van der Waals surface area contributed by atoms with Gasteiger partial charge in [0.25, 0.3) is 0 Å². The molecular weight excluding hydrogens is 404 g/mol. The Morgan fingerprint density at radius 3 is 2.65 bits per heavy atom. The second-order valence-corrected chi connectivity index (χ2v) is 9.07. The quantitative estimate of drug-likeness (QED) is 0.413. The zero-order valence-electron chi connectivity index (χ0n) is 17.7. The minimum absolute atomic E-state index is 0.264. The Morgan fingerprint density at radius 2 is 2.00 bits per heavy atom. The van der Waals surface area contributed by atoms with Gasteiger partial charge in [0.2, 0.25) is 0 Å². The van der Waals surface area contributed by atoms with Crippen LogP contribution < -0.4 is 5.32 Å². The predicted octanol–water partition coefficient (Wildman–Crippen LogP) is 4.66. The van der Waals surface area contributed by atoms with E-state index in [9.17, 15) is 0 Å². The molecule has 7 heteroatoms. The van der Waals surface area contributed by atoms with E-state index in [1.54, 1.807) is 30.5 Å². The molecule has 1 saturated heterocycles. The Labute approximate surface area is 187 Å². The lowest BCUT2D eigenvalue weighted by Crippen LogP contribution is -2.31. The summed E-state index contributed by atoms with van der Waals surface area (Å²) in [6.45, 7) is 6.69. The van der Waals surface area contributed by atoms with Gasteiger partial charge in [-0.1, -0.05) is 0 Å². The fourth-order valence-corrected chi connectivity index (χ4v) is 4.16. The highest BCUT2D eigenvalue weighted by Gasteiger charge is 2.30. The highest BCUT2D eigenvalue weighted by Crippen LogP contribution is 2.27. The molecule has 0 bridgehead atoms. The Balaban J connectivity index is 0.000000217. The number of benzene rings is 1. The van der Waals surface area contributed by atoms with Gasteiger partial charge in [-0.2, -0.15) is 10.4 Å². The number of aromatic amines is 1. The molecule has 1 unspecified atom stereocenters. The summed E-state index contributed by atoms with van der Waals surface area (Å²) in [6.07, 6.45) is 7.05. The molecule has 0 aliphatic carbocycles. The Kier molecular flexibility index (Phi) is 6.12. The molecule has 1 aliphatic heterocycles. The van der Waals surface area contributed by atoms with Crippen LogP contribution in [0, 0.1) is 17.2 Å². The Bertz CT molecular complexity index is 1190. The molecule has 4 aromatic rings. The number of nitrogens with one attached hydrogen (secondary N) is 2. The van der Waals surface area contributed by atoms with Crippen LogP contribution in [0.2, 0.25) is 0 Å². The van der Waals surface area contributed by atoms with Crippen LogP contribution in [-0.4, -0.2) is 31.8 Å². The summed E-state index contributed by atoms with van der Waals surface area (Å²) in [5.41, 5.74) is 5.17. The van der Waals surface area contributed by atoms with Gasteiger partial charge >= 0.3 is 0 Å². The van der Waals surface area contributed by atoms with Crippen LogP contribution in [0.15, 0.2) is 66.0 Å². The summed E-state index contributed by atoms with van der Waals surface area (Å²) in [5, 5.41) is 18.8. The number of pyridine rings is 1. The smallest absolute Gasteiger partial charge is 0.0991 e. The van der Waals surface area contributed by atoms with E-state index in [0.29, 0.717) is 11.5 Å². The number of aromatic nitrogens is 4. The van der Waals surface area contributed by atoms with E-state index in [0.717, 1.165) is 34.8 Å². The molecular formula is C24H26N6S. The van der Waals surface area contributed by atoms with E-state index in [1.165, 1.54) is 11.9 Å².